The van der Waals surface area contributed by atoms with Crippen LogP contribution in [-0.4, -0.2) is 29.0 Å². The molecule has 160 valence electrons. The van der Waals surface area contributed by atoms with Crippen LogP contribution in [-0.2, 0) is 23.1 Å². The molecule has 2 aromatic carbocycles. The fourth-order valence-corrected chi connectivity index (χ4v) is 3.48. The van der Waals surface area contributed by atoms with E-state index in [4.69, 9.17) is 14.0 Å². The lowest BCUT2D eigenvalue weighted by Gasteiger charge is -2.10. The summed E-state index contributed by atoms with van der Waals surface area (Å²) in [5.41, 5.74) is 4.52. The summed E-state index contributed by atoms with van der Waals surface area (Å²) in [6.45, 7) is 5.66. The summed E-state index contributed by atoms with van der Waals surface area (Å²) < 4.78 is 18.3. The Morgan fingerprint density at radius 2 is 1.74 bits per heavy atom. The molecule has 0 unspecified atom stereocenters. The van der Waals surface area contributed by atoms with Crippen LogP contribution >= 0.6 is 0 Å². The first-order chi connectivity index (χ1) is 15.0. The lowest BCUT2D eigenvalue weighted by Crippen LogP contribution is -2.18. The maximum Gasteiger partial charge on any atom is 0.264 e. The van der Waals surface area contributed by atoms with Crippen LogP contribution in [0.2, 0.25) is 0 Å². The molecule has 31 heavy (non-hydrogen) atoms. The van der Waals surface area contributed by atoms with Crippen LogP contribution < -0.4 is 5.56 Å². The zero-order valence-electron chi connectivity index (χ0n) is 18.0. The van der Waals surface area contributed by atoms with Crippen LogP contribution in [0.1, 0.15) is 19.4 Å². The minimum absolute atomic E-state index is 0.134. The van der Waals surface area contributed by atoms with E-state index < -0.39 is 0 Å². The Bertz CT molecular complexity index is 1210. The van der Waals surface area contributed by atoms with Gasteiger partial charge in [-0.2, -0.15) is 0 Å². The van der Waals surface area contributed by atoms with Crippen LogP contribution in [0.15, 0.2) is 70.0 Å². The number of aromatic nitrogens is 2. The van der Waals surface area contributed by atoms with Crippen LogP contribution in [0.25, 0.3) is 33.5 Å². The summed E-state index contributed by atoms with van der Waals surface area (Å²) in [4.78, 5) is 13.1. The van der Waals surface area contributed by atoms with Gasteiger partial charge in [0.15, 0.2) is 5.58 Å². The molecule has 2 aromatic heterocycles. The highest BCUT2D eigenvalue weighted by atomic mass is 16.5. The molecule has 0 spiro atoms. The summed E-state index contributed by atoms with van der Waals surface area (Å²) >= 11 is 0. The van der Waals surface area contributed by atoms with Crippen molar-refractivity contribution in [2.45, 2.75) is 26.6 Å². The highest BCUT2D eigenvalue weighted by Crippen LogP contribution is 2.28. The monoisotopic (exact) mass is 418 g/mol. The second-order valence-electron chi connectivity index (χ2n) is 7.70. The van der Waals surface area contributed by atoms with Crippen molar-refractivity contribution in [1.82, 2.24) is 9.72 Å². The third kappa shape index (κ3) is 4.60. The fourth-order valence-electron chi connectivity index (χ4n) is 3.48. The zero-order valence-corrected chi connectivity index (χ0v) is 18.0. The fraction of sp³-hybridized carbons (Fsp3) is 0.280. The van der Waals surface area contributed by atoms with E-state index in [-0.39, 0.29) is 11.7 Å². The smallest absolute Gasteiger partial charge is 0.264 e. The van der Waals surface area contributed by atoms with E-state index in [2.05, 4.69) is 5.16 Å². The van der Waals surface area contributed by atoms with Crippen LogP contribution in [0.4, 0.5) is 0 Å². The van der Waals surface area contributed by atoms with Crippen molar-refractivity contribution in [3.63, 3.8) is 0 Å². The number of benzene rings is 2. The van der Waals surface area contributed by atoms with Gasteiger partial charge in [0.2, 0.25) is 0 Å². The molecule has 0 aliphatic heterocycles. The van der Waals surface area contributed by atoms with E-state index >= 15 is 0 Å². The molecule has 0 fully saturated rings. The quantitative estimate of drug-likeness (QED) is 0.385. The maximum atomic E-state index is 13.1. The second kappa shape index (κ2) is 9.29. The normalized spacial score (nSPS) is 11.5. The van der Waals surface area contributed by atoms with Gasteiger partial charge in [0.05, 0.1) is 31.6 Å². The molecule has 0 atom stereocenters. The molecule has 6 nitrogen and oxygen atoms in total. The third-order valence-corrected chi connectivity index (χ3v) is 5.11. The van der Waals surface area contributed by atoms with E-state index in [1.807, 2.05) is 74.5 Å². The SMILES string of the molecule is CC(C)OCCOCc1ccc(-c2cc3onc(-c4ccccc4)c3c(=O)n2C)cc1. The van der Waals surface area contributed by atoms with E-state index in [1.54, 1.807) is 11.6 Å². The molecule has 4 rings (SSSR count). The van der Waals surface area contributed by atoms with Gasteiger partial charge in [-0.25, -0.2) is 0 Å². The molecule has 0 amide bonds. The van der Waals surface area contributed by atoms with Crippen molar-refractivity contribution in [2.24, 2.45) is 7.05 Å². The van der Waals surface area contributed by atoms with Crippen LogP contribution in [0, 0.1) is 0 Å². The van der Waals surface area contributed by atoms with Gasteiger partial charge in [0.25, 0.3) is 5.56 Å². The Kier molecular flexibility index (Phi) is 6.30. The van der Waals surface area contributed by atoms with Crippen molar-refractivity contribution in [3.05, 3.63) is 76.6 Å². The first-order valence-corrected chi connectivity index (χ1v) is 10.4. The van der Waals surface area contributed by atoms with E-state index in [0.29, 0.717) is 36.5 Å². The van der Waals surface area contributed by atoms with Gasteiger partial charge in [-0.1, -0.05) is 59.8 Å². The lowest BCUT2D eigenvalue weighted by atomic mass is 10.1. The Morgan fingerprint density at radius 1 is 1.00 bits per heavy atom. The van der Waals surface area contributed by atoms with Crippen molar-refractivity contribution in [3.8, 4) is 22.5 Å². The molecular formula is C25H26N2O4. The van der Waals surface area contributed by atoms with Crippen LogP contribution in [0.5, 0.6) is 0 Å². The Morgan fingerprint density at radius 3 is 2.45 bits per heavy atom. The van der Waals surface area contributed by atoms with Gasteiger partial charge >= 0.3 is 0 Å². The van der Waals surface area contributed by atoms with Gasteiger partial charge in [0, 0.05) is 18.7 Å². The molecule has 0 bridgehead atoms. The van der Waals surface area contributed by atoms with Gasteiger partial charge in [-0.15, -0.1) is 0 Å². The molecule has 4 aromatic rings. The number of nitrogens with zero attached hydrogens (tertiary/aromatic N) is 2. The average Bonchev–Trinajstić information content (AvgIpc) is 3.21. The molecule has 2 heterocycles. The summed E-state index contributed by atoms with van der Waals surface area (Å²) in [6.07, 6.45) is 0.208. The number of hydrogen-bond acceptors (Lipinski definition) is 5. The largest absolute Gasteiger partial charge is 0.376 e. The minimum atomic E-state index is -0.134. The number of hydrogen-bond donors (Lipinski definition) is 0. The molecular weight excluding hydrogens is 392 g/mol. The van der Waals surface area contributed by atoms with Gasteiger partial charge in [-0.3, -0.25) is 4.79 Å². The van der Waals surface area contributed by atoms with Crippen molar-refractivity contribution >= 4 is 11.0 Å². The number of pyridine rings is 1. The van der Waals surface area contributed by atoms with Crippen molar-refractivity contribution < 1.29 is 14.0 Å². The van der Waals surface area contributed by atoms with E-state index in [9.17, 15) is 4.79 Å². The number of ether oxygens (including phenoxy) is 2. The summed E-state index contributed by atoms with van der Waals surface area (Å²) in [5, 5.41) is 4.65. The molecule has 0 N–H and O–H groups in total. The van der Waals surface area contributed by atoms with Gasteiger partial charge in [0.1, 0.15) is 11.1 Å². The van der Waals surface area contributed by atoms with Gasteiger partial charge < -0.3 is 18.6 Å². The Hall–Kier alpha value is -3.22. The highest BCUT2D eigenvalue weighted by Gasteiger charge is 2.18. The van der Waals surface area contributed by atoms with Crippen LogP contribution in [0.3, 0.4) is 0 Å². The second-order valence-corrected chi connectivity index (χ2v) is 7.70. The number of rotatable bonds is 8. The third-order valence-electron chi connectivity index (χ3n) is 5.11. The summed E-state index contributed by atoms with van der Waals surface area (Å²) in [7, 11) is 1.77. The van der Waals surface area contributed by atoms with E-state index in [1.165, 1.54) is 0 Å². The topological polar surface area (TPSA) is 66.5 Å². The van der Waals surface area contributed by atoms with Crippen molar-refractivity contribution in [2.75, 3.05) is 13.2 Å². The first kappa shape index (κ1) is 21.0. The Balaban J connectivity index is 1.56. The number of fused-ring (bicyclic) bond motifs is 1. The average molecular weight is 418 g/mol. The Labute approximate surface area is 181 Å². The first-order valence-electron chi connectivity index (χ1n) is 10.4. The standard InChI is InChI=1S/C25H26N2O4/c1-17(2)30-14-13-29-16-18-9-11-19(12-10-18)21-15-22-23(25(28)27(21)3)24(26-31-22)20-7-5-4-6-8-20/h4-12,15,17H,13-14,16H2,1-3H3. The molecule has 0 aliphatic carbocycles. The minimum Gasteiger partial charge on any atom is -0.376 e. The highest BCUT2D eigenvalue weighted by molar-refractivity contribution is 5.92. The molecule has 0 saturated heterocycles. The van der Waals surface area contributed by atoms with Gasteiger partial charge in [-0.05, 0) is 25.0 Å². The molecule has 6 heteroatoms. The van der Waals surface area contributed by atoms with E-state index in [0.717, 1.165) is 22.4 Å². The zero-order chi connectivity index (χ0) is 21.8. The lowest BCUT2D eigenvalue weighted by molar-refractivity contribution is 0.0143. The molecule has 0 aliphatic rings. The van der Waals surface area contributed by atoms with Crippen molar-refractivity contribution in [1.29, 1.82) is 0 Å². The molecule has 0 radical (unpaired) electrons. The summed E-state index contributed by atoms with van der Waals surface area (Å²) in [5.74, 6) is 0. The summed E-state index contributed by atoms with van der Waals surface area (Å²) in [6, 6.07) is 19.4. The maximum absolute atomic E-state index is 13.1. The predicted octanol–water partition coefficient (Wildman–Crippen LogP) is 4.80. The molecule has 0 saturated carbocycles. The predicted molar refractivity (Wildman–Crippen MR) is 121 cm³/mol.